The fraction of sp³-hybridized carbons (Fsp3) is 0.222. The minimum atomic E-state index is 0.392. The zero-order chi connectivity index (χ0) is 11.1. The number of rotatable bonds is 1. The number of aromatic amines is 1. The highest BCUT2D eigenvalue weighted by atomic mass is 35.5. The van der Waals surface area contributed by atoms with Gasteiger partial charge < -0.3 is 9.99 Å². The van der Waals surface area contributed by atoms with E-state index in [2.05, 4.69) is 25.4 Å². The summed E-state index contributed by atoms with van der Waals surface area (Å²) in [6.45, 7) is 0.737. The summed E-state index contributed by atoms with van der Waals surface area (Å²) in [7, 11) is 1.93. The highest BCUT2D eigenvalue weighted by molar-refractivity contribution is 6.33. The lowest BCUT2D eigenvalue weighted by Gasteiger charge is -2.04. The van der Waals surface area contributed by atoms with E-state index in [0.717, 1.165) is 17.9 Å². The van der Waals surface area contributed by atoms with Gasteiger partial charge in [0.2, 0.25) is 0 Å². The predicted octanol–water partition coefficient (Wildman–Crippen LogP) is 0.797. The molecule has 0 amide bonds. The number of nitrogens with one attached hydrogen (secondary N) is 2. The zero-order valence-corrected chi connectivity index (χ0v) is 9.28. The molecule has 0 aliphatic carbocycles. The van der Waals surface area contributed by atoms with E-state index in [1.807, 2.05) is 18.3 Å². The van der Waals surface area contributed by atoms with Crippen LogP contribution in [0.25, 0.3) is 16.7 Å². The average Bonchev–Trinajstić information content (AvgIpc) is 2.84. The Labute approximate surface area is 96.3 Å². The Balaban J connectivity index is 2.12. The Morgan fingerprint density at radius 2 is 2.31 bits per heavy atom. The molecule has 0 aromatic carbocycles. The number of halogens is 1. The van der Waals surface area contributed by atoms with Crippen LogP contribution in [0.3, 0.4) is 0 Å². The zero-order valence-electron chi connectivity index (χ0n) is 8.53. The molecular weight excluding hydrogens is 228 g/mol. The maximum Gasteiger partial charge on any atom is 0.182 e. The minimum Gasteiger partial charge on any atom is -0.334 e. The van der Waals surface area contributed by atoms with Crippen LogP contribution >= 0.6 is 11.6 Å². The minimum absolute atomic E-state index is 0.392. The molecule has 16 heavy (non-hydrogen) atoms. The van der Waals surface area contributed by atoms with Gasteiger partial charge in [-0.2, -0.15) is 0 Å². The molecule has 2 N–H and O–H groups in total. The second-order valence-corrected chi connectivity index (χ2v) is 3.91. The standard InChI is InChI=1S/C9H9ClN6/c1-16-3-5(2-13-16)8-14-6-7(10)11-4-12-9(6)15-8/h3-4,13H,2H2,1H3,(H,11,12,14,15). The van der Waals surface area contributed by atoms with E-state index in [4.69, 9.17) is 11.6 Å². The van der Waals surface area contributed by atoms with Gasteiger partial charge in [0, 0.05) is 25.4 Å². The second-order valence-electron chi connectivity index (χ2n) is 3.55. The molecule has 82 valence electrons. The summed E-state index contributed by atoms with van der Waals surface area (Å²) in [5, 5.41) is 2.28. The van der Waals surface area contributed by atoms with Crippen LogP contribution in [-0.4, -0.2) is 38.5 Å². The smallest absolute Gasteiger partial charge is 0.182 e. The molecule has 7 heteroatoms. The number of fused-ring (bicyclic) bond motifs is 1. The van der Waals surface area contributed by atoms with Crippen molar-refractivity contribution >= 4 is 28.3 Å². The molecule has 3 heterocycles. The number of imidazole rings is 1. The lowest BCUT2D eigenvalue weighted by atomic mass is 10.3. The second kappa shape index (κ2) is 3.43. The summed E-state index contributed by atoms with van der Waals surface area (Å²) in [6.07, 6.45) is 3.38. The Hall–Kier alpha value is -1.66. The molecule has 0 atom stereocenters. The number of hydrogen-bond acceptors (Lipinski definition) is 5. The van der Waals surface area contributed by atoms with Crippen molar-refractivity contribution in [1.29, 1.82) is 0 Å². The normalized spacial score (nSPS) is 15.9. The molecule has 2 aromatic heterocycles. The first-order chi connectivity index (χ1) is 7.74. The van der Waals surface area contributed by atoms with Gasteiger partial charge in [-0.15, -0.1) is 0 Å². The average molecular weight is 237 g/mol. The summed E-state index contributed by atoms with van der Waals surface area (Å²) >= 11 is 5.94. The van der Waals surface area contributed by atoms with Crippen molar-refractivity contribution in [2.45, 2.75) is 0 Å². The van der Waals surface area contributed by atoms with Crippen molar-refractivity contribution in [2.24, 2.45) is 0 Å². The van der Waals surface area contributed by atoms with Gasteiger partial charge in [-0.25, -0.2) is 20.4 Å². The first-order valence-electron chi connectivity index (χ1n) is 4.77. The lowest BCUT2D eigenvalue weighted by molar-refractivity contribution is 0.374. The summed E-state index contributed by atoms with van der Waals surface area (Å²) in [6, 6.07) is 0. The predicted molar refractivity (Wildman–Crippen MR) is 60.4 cm³/mol. The number of H-pyrrole nitrogens is 1. The largest absolute Gasteiger partial charge is 0.334 e. The maximum atomic E-state index is 5.94. The van der Waals surface area contributed by atoms with Gasteiger partial charge in [-0.1, -0.05) is 11.6 Å². The van der Waals surface area contributed by atoms with E-state index in [1.54, 1.807) is 0 Å². The van der Waals surface area contributed by atoms with E-state index in [1.165, 1.54) is 6.33 Å². The Morgan fingerprint density at radius 3 is 3.00 bits per heavy atom. The molecule has 0 unspecified atom stereocenters. The summed E-state index contributed by atoms with van der Waals surface area (Å²) < 4.78 is 0. The maximum absolute atomic E-state index is 5.94. The van der Waals surface area contributed by atoms with Gasteiger partial charge in [0.05, 0.1) is 0 Å². The number of nitrogens with zero attached hydrogens (tertiary/aromatic N) is 4. The third-order valence-electron chi connectivity index (χ3n) is 2.41. The molecule has 3 rings (SSSR count). The SMILES string of the molecule is CN1C=C(c2nc3ncnc(Cl)c3[nH]2)CN1. The van der Waals surface area contributed by atoms with Crippen molar-refractivity contribution in [2.75, 3.05) is 13.6 Å². The number of hydrazine groups is 1. The molecular formula is C9H9ClN6. The summed E-state index contributed by atoms with van der Waals surface area (Å²) in [5.74, 6) is 0.772. The third-order valence-corrected chi connectivity index (χ3v) is 2.70. The van der Waals surface area contributed by atoms with Gasteiger partial charge in [0.25, 0.3) is 0 Å². The van der Waals surface area contributed by atoms with Crippen LogP contribution in [0, 0.1) is 0 Å². The molecule has 6 nitrogen and oxygen atoms in total. The van der Waals surface area contributed by atoms with Crippen LogP contribution < -0.4 is 5.43 Å². The first kappa shape index (κ1) is 9.56. The van der Waals surface area contributed by atoms with Gasteiger partial charge >= 0.3 is 0 Å². The van der Waals surface area contributed by atoms with Gasteiger partial charge in [0.15, 0.2) is 10.8 Å². The molecule has 2 aromatic rings. The van der Waals surface area contributed by atoms with Gasteiger partial charge in [0.1, 0.15) is 17.7 Å². The fourth-order valence-electron chi connectivity index (χ4n) is 1.63. The summed E-state index contributed by atoms with van der Waals surface area (Å²) in [4.78, 5) is 15.4. The quantitative estimate of drug-likeness (QED) is 0.717. The first-order valence-corrected chi connectivity index (χ1v) is 5.15. The fourth-order valence-corrected chi connectivity index (χ4v) is 1.81. The monoisotopic (exact) mass is 236 g/mol. The third kappa shape index (κ3) is 1.43. The van der Waals surface area contributed by atoms with E-state index >= 15 is 0 Å². The van der Waals surface area contributed by atoms with Crippen molar-refractivity contribution in [3.63, 3.8) is 0 Å². The van der Waals surface area contributed by atoms with Crippen molar-refractivity contribution in [1.82, 2.24) is 30.4 Å². The van der Waals surface area contributed by atoms with Crippen LogP contribution in [0.5, 0.6) is 0 Å². The van der Waals surface area contributed by atoms with E-state index in [0.29, 0.717) is 16.3 Å². The molecule has 0 spiro atoms. The van der Waals surface area contributed by atoms with E-state index < -0.39 is 0 Å². The van der Waals surface area contributed by atoms with Crippen LogP contribution in [0.1, 0.15) is 5.82 Å². The van der Waals surface area contributed by atoms with Gasteiger partial charge in [-0.3, -0.25) is 0 Å². The molecule has 0 bridgehead atoms. The van der Waals surface area contributed by atoms with Crippen LogP contribution in [-0.2, 0) is 0 Å². The topological polar surface area (TPSA) is 69.7 Å². The molecule has 0 fully saturated rings. The lowest BCUT2D eigenvalue weighted by Crippen LogP contribution is -2.23. The highest BCUT2D eigenvalue weighted by Gasteiger charge is 2.15. The Morgan fingerprint density at radius 1 is 1.44 bits per heavy atom. The van der Waals surface area contributed by atoms with Crippen LogP contribution in [0.15, 0.2) is 12.5 Å². The van der Waals surface area contributed by atoms with E-state index in [-0.39, 0.29) is 0 Å². The molecule has 0 saturated heterocycles. The van der Waals surface area contributed by atoms with E-state index in [9.17, 15) is 0 Å². The van der Waals surface area contributed by atoms with Crippen molar-refractivity contribution in [3.8, 4) is 0 Å². The van der Waals surface area contributed by atoms with Crippen molar-refractivity contribution in [3.05, 3.63) is 23.5 Å². The van der Waals surface area contributed by atoms with Crippen LogP contribution in [0.2, 0.25) is 5.15 Å². The highest BCUT2D eigenvalue weighted by Crippen LogP contribution is 2.21. The molecule has 1 aliphatic heterocycles. The Bertz CT molecular complexity index is 574. The van der Waals surface area contributed by atoms with Crippen LogP contribution in [0.4, 0.5) is 0 Å². The molecule has 0 saturated carbocycles. The van der Waals surface area contributed by atoms with Gasteiger partial charge in [-0.05, 0) is 0 Å². The summed E-state index contributed by atoms with van der Waals surface area (Å²) in [5.41, 5.74) is 5.47. The molecule has 1 aliphatic rings. The molecule has 0 radical (unpaired) electrons. The Kier molecular flexibility index (Phi) is 2.05. The van der Waals surface area contributed by atoms with Crippen molar-refractivity contribution < 1.29 is 0 Å². The number of hydrogen-bond donors (Lipinski definition) is 2. The number of aromatic nitrogens is 4.